The van der Waals surface area contributed by atoms with E-state index in [-0.39, 0.29) is 0 Å². The minimum absolute atomic E-state index is 0.395. The number of benzene rings is 1. The van der Waals surface area contributed by atoms with Crippen molar-refractivity contribution >= 4 is 5.69 Å². The van der Waals surface area contributed by atoms with Crippen LogP contribution in [0.15, 0.2) is 36.7 Å². The van der Waals surface area contributed by atoms with Crippen LogP contribution < -0.4 is 10.2 Å². The van der Waals surface area contributed by atoms with Crippen LogP contribution in [0.3, 0.4) is 0 Å². The Morgan fingerprint density at radius 1 is 1.24 bits per heavy atom. The first-order valence-corrected chi connectivity index (χ1v) is 7.58. The summed E-state index contributed by atoms with van der Waals surface area (Å²) in [6, 6.07) is 9.22. The summed E-state index contributed by atoms with van der Waals surface area (Å²) in [6.07, 6.45) is 6.18. The Hall–Kier alpha value is -1.81. The molecule has 0 fully saturated rings. The molecular formula is C17H26N4. The van der Waals surface area contributed by atoms with E-state index in [0.29, 0.717) is 6.04 Å². The lowest BCUT2D eigenvalue weighted by molar-refractivity contribution is 0.515. The molecule has 1 unspecified atom stereocenters. The minimum atomic E-state index is 0.395. The van der Waals surface area contributed by atoms with E-state index in [9.17, 15) is 0 Å². The van der Waals surface area contributed by atoms with Gasteiger partial charge in [-0.2, -0.15) is 5.10 Å². The second-order valence-corrected chi connectivity index (χ2v) is 5.66. The quantitative estimate of drug-likeness (QED) is 0.849. The van der Waals surface area contributed by atoms with E-state index in [4.69, 9.17) is 0 Å². The van der Waals surface area contributed by atoms with E-state index in [1.54, 1.807) is 0 Å². The van der Waals surface area contributed by atoms with Crippen molar-refractivity contribution in [1.29, 1.82) is 0 Å². The van der Waals surface area contributed by atoms with E-state index in [0.717, 1.165) is 19.4 Å². The predicted octanol–water partition coefficient (Wildman–Crippen LogP) is 2.77. The number of aryl methyl sites for hydroxylation is 2. The zero-order chi connectivity index (χ0) is 15.2. The molecule has 1 N–H and O–H groups in total. The van der Waals surface area contributed by atoms with Gasteiger partial charge in [0.05, 0.1) is 6.20 Å². The number of rotatable bonds is 7. The summed E-state index contributed by atoms with van der Waals surface area (Å²) in [4.78, 5) is 2.13. The highest BCUT2D eigenvalue weighted by Crippen LogP contribution is 2.22. The second kappa shape index (κ2) is 7.27. The largest absolute Gasteiger partial charge is 0.378 e. The van der Waals surface area contributed by atoms with Gasteiger partial charge in [0.25, 0.3) is 0 Å². The molecule has 0 bridgehead atoms. The minimum Gasteiger partial charge on any atom is -0.378 e. The number of hydrogen-bond donors (Lipinski definition) is 1. The van der Waals surface area contributed by atoms with Gasteiger partial charge in [-0.05, 0) is 42.6 Å². The molecule has 4 nitrogen and oxygen atoms in total. The molecule has 0 aliphatic rings. The van der Waals surface area contributed by atoms with E-state index in [1.165, 1.54) is 16.8 Å². The van der Waals surface area contributed by atoms with Crippen LogP contribution >= 0.6 is 0 Å². The Labute approximate surface area is 127 Å². The van der Waals surface area contributed by atoms with Gasteiger partial charge < -0.3 is 10.2 Å². The van der Waals surface area contributed by atoms with Crippen LogP contribution in [0.2, 0.25) is 0 Å². The van der Waals surface area contributed by atoms with E-state index >= 15 is 0 Å². The van der Waals surface area contributed by atoms with Gasteiger partial charge in [-0.3, -0.25) is 4.68 Å². The van der Waals surface area contributed by atoms with Crippen LogP contribution in [0.25, 0.3) is 0 Å². The van der Waals surface area contributed by atoms with Crippen LogP contribution in [0.4, 0.5) is 5.69 Å². The van der Waals surface area contributed by atoms with Crippen LogP contribution in [0, 0.1) is 0 Å². The van der Waals surface area contributed by atoms with Gasteiger partial charge in [0, 0.05) is 39.1 Å². The Morgan fingerprint density at radius 3 is 2.48 bits per heavy atom. The van der Waals surface area contributed by atoms with Crippen LogP contribution in [0.1, 0.15) is 30.5 Å². The molecule has 2 aromatic rings. The number of hydrogen-bond acceptors (Lipinski definition) is 3. The van der Waals surface area contributed by atoms with Gasteiger partial charge >= 0.3 is 0 Å². The first-order chi connectivity index (χ1) is 10.1. The normalized spacial score (nSPS) is 12.4. The zero-order valence-corrected chi connectivity index (χ0v) is 13.5. The summed E-state index contributed by atoms with van der Waals surface area (Å²) in [5.41, 5.74) is 3.89. The lowest BCUT2D eigenvalue weighted by Crippen LogP contribution is -2.21. The van der Waals surface area contributed by atoms with Crippen LogP contribution in [0.5, 0.6) is 0 Å². The Bertz CT molecular complexity index is 542. The van der Waals surface area contributed by atoms with Crippen molar-refractivity contribution in [2.75, 3.05) is 25.5 Å². The van der Waals surface area contributed by atoms with Crippen molar-refractivity contribution in [2.24, 2.45) is 7.05 Å². The standard InChI is InChI=1S/C17H26N4/c1-5-18-17(11-6-14-12-19-21(4)13-14)15-7-9-16(10-8-15)20(2)3/h7-10,12-13,17-18H,5-6,11H2,1-4H3. The van der Waals surface area contributed by atoms with Crippen LogP contribution in [-0.4, -0.2) is 30.4 Å². The molecule has 1 aromatic carbocycles. The molecule has 1 heterocycles. The van der Waals surface area contributed by atoms with Crippen molar-refractivity contribution in [1.82, 2.24) is 15.1 Å². The molecule has 4 heteroatoms. The Balaban J connectivity index is 2.03. The SMILES string of the molecule is CCNC(CCc1cnn(C)c1)c1ccc(N(C)C)cc1. The van der Waals surface area contributed by atoms with E-state index in [2.05, 4.69) is 66.8 Å². The van der Waals surface area contributed by atoms with Crippen molar-refractivity contribution < 1.29 is 0 Å². The summed E-state index contributed by atoms with van der Waals surface area (Å²) >= 11 is 0. The molecule has 0 radical (unpaired) electrons. The fourth-order valence-corrected chi connectivity index (χ4v) is 2.55. The lowest BCUT2D eigenvalue weighted by Gasteiger charge is -2.20. The number of anilines is 1. The maximum absolute atomic E-state index is 4.24. The summed E-state index contributed by atoms with van der Waals surface area (Å²) < 4.78 is 1.86. The summed E-state index contributed by atoms with van der Waals surface area (Å²) in [6.45, 7) is 3.14. The third kappa shape index (κ3) is 4.33. The maximum Gasteiger partial charge on any atom is 0.0521 e. The smallest absolute Gasteiger partial charge is 0.0521 e. The van der Waals surface area contributed by atoms with Crippen molar-refractivity contribution in [3.63, 3.8) is 0 Å². The molecule has 0 aliphatic heterocycles. The first-order valence-electron chi connectivity index (χ1n) is 7.58. The summed E-state index contributed by atoms with van der Waals surface area (Å²) in [5.74, 6) is 0. The third-order valence-corrected chi connectivity index (χ3v) is 3.74. The highest BCUT2D eigenvalue weighted by atomic mass is 15.2. The summed E-state index contributed by atoms with van der Waals surface area (Å²) in [5, 5.41) is 7.82. The highest BCUT2D eigenvalue weighted by Gasteiger charge is 2.11. The number of aromatic nitrogens is 2. The molecule has 2 rings (SSSR count). The summed E-state index contributed by atoms with van der Waals surface area (Å²) in [7, 11) is 6.10. The number of nitrogens with one attached hydrogen (secondary N) is 1. The molecule has 0 saturated carbocycles. The molecule has 0 saturated heterocycles. The molecule has 21 heavy (non-hydrogen) atoms. The molecule has 0 amide bonds. The van der Waals surface area contributed by atoms with Gasteiger partial charge in [0.15, 0.2) is 0 Å². The van der Waals surface area contributed by atoms with Crippen LogP contribution in [-0.2, 0) is 13.5 Å². The molecule has 0 aliphatic carbocycles. The average molecular weight is 286 g/mol. The van der Waals surface area contributed by atoms with Gasteiger partial charge in [0.1, 0.15) is 0 Å². The van der Waals surface area contributed by atoms with Gasteiger partial charge in [-0.1, -0.05) is 19.1 Å². The molecule has 1 atom stereocenters. The van der Waals surface area contributed by atoms with Gasteiger partial charge in [0.2, 0.25) is 0 Å². The maximum atomic E-state index is 4.24. The third-order valence-electron chi connectivity index (χ3n) is 3.74. The lowest BCUT2D eigenvalue weighted by atomic mass is 9.99. The first kappa shape index (κ1) is 15.6. The monoisotopic (exact) mass is 286 g/mol. The molecule has 114 valence electrons. The van der Waals surface area contributed by atoms with Crippen molar-refractivity contribution in [2.45, 2.75) is 25.8 Å². The Morgan fingerprint density at radius 2 is 1.95 bits per heavy atom. The highest BCUT2D eigenvalue weighted by molar-refractivity contribution is 5.46. The Kier molecular flexibility index (Phi) is 5.39. The van der Waals surface area contributed by atoms with Crippen molar-refractivity contribution in [3.05, 3.63) is 47.8 Å². The fraction of sp³-hybridized carbons (Fsp3) is 0.471. The van der Waals surface area contributed by atoms with Crippen molar-refractivity contribution in [3.8, 4) is 0 Å². The van der Waals surface area contributed by atoms with Gasteiger partial charge in [-0.15, -0.1) is 0 Å². The second-order valence-electron chi connectivity index (χ2n) is 5.66. The molecular weight excluding hydrogens is 260 g/mol. The molecule has 0 spiro atoms. The number of nitrogens with zero attached hydrogens (tertiary/aromatic N) is 3. The van der Waals surface area contributed by atoms with E-state index in [1.807, 2.05) is 17.9 Å². The van der Waals surface area contributed by atoms with Gasteiger partial charge in [-0.25, -0.2) is 0 Å². The zero-order valence-electron chi connectivity index (χ0n) is 13.5. The fourth-order valence-electron chi connectivity index (χ4n) is 2.55. The predicted molar refractivity (Wildman–Crippen MR) is 88.7 cm³/mol. The molecule has 1 aromatic heterocycles. The topological polar surface area (TPSA) is 33.1 Å². The average Bonchev–Trinajstić information content (AvgIpc) is 2.89. The van der Waals surface area contributed by atoms with E-state index < -0.39 is 0 Å².